The van der Waals surface area contributed by atoms with Crippen LogP contribution < -0.4 is 5.32 Å². The molecule has 102 valence electrons. The zero-order valence-electron chi connectivity index (χ0n) is 11.3. The minimum atomic E-state index is -0.138. The normalized spacial score (nSPS) is 11.8. The Kier molecular flexibility index (Phi) is 2.60. The van der Waals surface area contributed by atoms with Gasteiger partial charge < -0.3 is 5.32 Å². The van der Waals surface area contributed by atoms with Crippen LogP contribution in [0.2, 0.25) is 0 Å². The molecule has 0 radical (unpaired) electrons. The molecule has 0 saturated carbocycles. The summed E-state index contributed by atoms with van der Waals surface area (Å²) in [5.74, 6) is 0.482. The maximum Gasteiger partial charge on any atom is 0.256 e. The van der Waals surface area contributed by atoms with Crippen molar-refractivity contribution in [3.63, 3.8) is 0 Å². The van der Waals surface area contributed by atoms with Gasteiger partial charge in [0.05, 0.1) is 5.69 Å². The number of aromatic nitrogens is 2. The zero-order valence-corrected chi connectivity index (χ0v) is 11.3. The van der Waals surface area contributed by atoms with Gasteiger partial charge in [-0.3, -0.25) is 9.89 Å². The molecule has 0 aliphatic heterocycles. The van der Waals surface area contributed by atoms with Gasteiger partial charge in [0.25, 0.3) is 5.91 Å². The Morgan fingerprint density at radius 1 is 1.05 bits per heavy atom. The molecule has 4 rings (SSSR count). The third-order valence-electron chi connectivity index (χ3n) is 3.79. The van der Waals surface area contributed by atoms with Gasteiger partial charge >= 0.3 is 0 Å². The number of amides is 1. The predicted octanol–water partition coefficient (Wildman–Crippen LogP) is 3.23. The molecule has 0 unspecified atom stereocenters. The lowest BCUT2D eigenvalue weighted by atomic mass is 10.1. The van der Waals surface area contributed by atoms with Gasteiger partial charge in [-0.15, -0.1) is 0 Å². The molecular formula is C17H13N3O. The largest absolute Gasteiger partial charge is 0.305 e. The van der Waals surface area contributed by atoms with E-state index < -0.39 is 0 Å². The minimum absolute atomic E-state index is 0.138. The molecule has 1 heterocycles. The van der Waals surface area contributed by atoms with Crippen LogP contribution in [0.15, 0.2) is 54.6 Å². The quantitative estimate of drug-likeness (QED) is 0.590. The number of carbonyl (C=O) groups excluding carboxylic acids is 1. The Labute approximate surface area is 121 Å². The summed E-state index contributed by atoms with van der Waals surface area (Å²) in [6, 6.07) is 17.4. The maximum absolute atomic E-state index is 12.2. The fourth-order valence-corrected chi connectivity index (χ4v) is 2.74. The first-order valence-electron chi connectivity index (χ1n) is 6.85. The number of benzene rings is 2. The molecule has 1 aliphatic rings. The summed E-state index contributed by atoms with van der Waals surface area (Å²) in [7, 11) is 0. The van der Waals surface area contributed by atoms with Crippen molar-refractivity contribution in [3.05, 3.63) is 71.3 Å². The summed E-state index contributed by atoms with van der Waals surface area (Å²) < 4.78 is 0. The zero-order chi connectivity index (χ0) is 14.2. The van der Waals surface area contributed by atoms with Gasteiger partial charge in [-0.25, -0.2) is 0 Å². The first kappa shape index (κ1) is 11.9. The number of H-pyrrole nitrogens is 1. The second-order valence-electron chi connectivity index (χ2n) is 5.08. The van der Waals surface area contributed by atoms with Crippen LogP contribution in [0, 0.1) is 0 Å². The lowest BCUT2D eigenvalue weighted by molar-refractivity contribution is 0.102. The van der Waals surface area contributed by atoms with E-state index >= 15 is 0 Å². The van der Waals surface area contributed by atoms with E-state index in [1.165, 1.54) is 11.1 Å². The molecule has 1 amide bonds. The monoisotopic (exact) mass is 275 g/mol. The van der Waals surface area contributed by atoms with Gasteiger partial charge in [0.15, 0.2) is 5.82 Å². The Balaban J connectivity index is 1.65. The van der Waals surface area contributed by atoms with E-state index in [1.54, 1.807) is 12.1 Å². The van der Waals surface area contributed by atoms with Gasteiger partial charge in [0.1, 0.15) is 0 Å². The smallest absolute Gasteiger partial charge is 0.256 e. The molecule has 2 aromatic carbocycles. The minimum Gasteiger partial charge on any atom is -0.305 e. The van der Waals surface area contributed by atoms with Crippen LogP contribution in [0.1, 0.15) is 21.5 Å². The number of anilines is 1. The molecule has 1 aliphatic carbocycles. The standard InChI is InChI=1S/C17H13N3O/c21-17(11-6-2-1-3-7-11)18-16-14-10-12-8-4-5-9-13(12)15(14)19-20-16/h1-9H,10H2,(H2,18,19,20,21). The van der Waals surface area contributed by atoms with Crippen molar-refractivity contribution in [2.45, 2.75) is 6.42 Å². The van der Waals surface area contributed by atoms with E-state index in [4.69, 9.17) is 0 Å². The second-order valence-corrected chi connectivity index (χ2v) is 5.08. The molecule has 0 atom stereocenters. The number of aromatic amines is 1. The SMILES string of the molecule is O=C(Nc1n[nH]c2c1Cc1ccccc1-2)c1ccccc1. The lowest BCUT2D eigenvalue weighted by Gasteiger charge is -2.03. The molecule has 4 nitrogen and oxygen atoms in total. The third-order valence-corrected chi connectivity index (χ3v) is 3.79. The Hall–Kier alpha value is -2.88. The Bertz CT molecular complexity index is 821. The first-order chi connectivity index (χ1) is 10.3. The predicted molar refractivity (Wildman–Crippen MR) is 81.2 cm³/mol. The molecule has 2 N–H and O–H groups in total. The molecular weight excluding hydrogens is 262 g/mol. The van der Waals surface area contributed by atoms with Crippen molar-refractivity contribution < 1.29 is 4.79 Å². The van der Waals surface area contributed by atoms with E-state index in [0.717, 1.165) is 17.7 Å². The van der Waals surface area contributed by atoms with Gasteiger partial charge in [0, 0.05) is 23.1 Å². The average Bonchev–Trinajstić information content (AvgIpc) is 3.08. The van der Waals surface area contributed by atoms with Crippen LogP contribution in [0.3, 0.4) is 0 Å². The fraction of sp³-hybridized carbons (Fsp3) is 0.0588. The van der Waals surface area contributed by atoms with Crippen molar-refractivity contribution in [3.8, 4) is 11.3 Å². The molecule has 4 heteroatoms. The van der Waals surface area contributed by atoms with Gasteiger partial charge in [-0.05, 0) is 17.7 Å². The van der Waals surface area contributed by atoms with Crippen LogP contribution in [-0.4, -0.2) is 16.1 Å². The molecule has 0 fully saturated rings. The fourth-order valence-electron chi connectivity index (χ4n) is 2.74. The lowest BCUT2D eigenvalue weighted by Crippen LogP contribution is -2.13. The number of fused-ring (bicyclic) bond motifs is 3. The van der Waals surface area contributed by atoms with E-state index in [2.05, 4.69) is 27.6 Å². The molecule has 0 spiro atoms. The molecule has 0 saturated heterocycles. The van der Waals surface area contributed by atoms with Crippen LogP contribution >= 0.6 is 0 Å². The van der Waals surface area contributed by atoms with Gasteiger partial charge in [0.2, 0.25) is 0 Å². The average molecular weight is 275 g/mol. The van der Waals surface area contributed by atoms with E-state index in [-0.39, 0.29) is 5.91 Å². The van der Waals surface area contributed by atoms with E-state index in [1.807, 2.05) is 30.3 Å². The Morgan fingerprint density at radius 2 is 1.81 bits per heavy atom. The topological polar surface area (TPSA) is 57.8 Å². The number of hydrogen-bond donors (Lipinski definition) is 2. The van der Waals surface area contributed by atoms with Gasteiger partial charge in [-0.2, -0.15) is 5.10 Å². The highest BCUT2D eigenvalue weighted by atomic mass is 16.1. The number of hydrogen-bond acceptors (Lipinski definition) is 2. The van der Waals surface area contributed by atoms with Crippen molar-refractivity contribution in [2.75, 3.05) is 5.32 Å². The summed E-state index contributed by atoms with van der Waals surface area (Å²) in [4.78, 5) is 12.2. The van der Waals surface area contributed by atoms with E-state index in [9.17, 15) is 4.79 Å². The summed E-state index contributed by atoms with van der Waals surface area (Å²) in [6.07, 6.45) is 0.798. The van der Waals surface area contributed by atoms with Crippen molar-refractivity contribution in [2.24, 2.45) is 0 Å². The highest BCUT2D eigenvalue weighted by Crippen LogP contribution is 2.38. The van der Waals surface area contributed by atoms with Crippen LogP contribution in [0.5, 0.6) is 0 Å². The number of rotatable bonds is 2. The van der Waals surface area contributed by atoms with Crippen LogP contribution in [0.25, 0.3) is 11.3 Å². The summed E-state index contributed by atoms with van der Waals surface area (Å²) >= 11 is 0. The summed E-state index contributed by atoms with van der Waals surface area (Å²) in [5.41, 5.74) is 5.12. The third kappa shape index (κ3) is 1.92. The molecule has 1 aromatic heterocycles. The molecule has 21 heavy (non-hydrogen) atoms. The van der Waals surface area contributed by atoms with Crippen molar-refractivity contribution in [1.82, 2.24) is 10.2 Å². The van der Waals surface area contributed by atoms with Crippen molar-refractivity contribution in [1.29, 1.82) is 0 Å². The summed E-state index contributed by atoms with van der Waals surface area (Å²) in [6.45, 7) is 0. The Morgan fingerprint density at radius 3 is 2.67 bits per heavy atom. The molecule has 0 bridgehead atoms. The van der Waals surface area contributed by atoms with E-state index in [0.29, 0.717) is 11.4 Å². The first-order valence-corrected chi connectivity index (χ1v) is 6.85. The van der Waals surface area contributed by atoms with Crippen LogP contribution in [0.4, 0.5) is 5.82 Å². The van der Waals surface area contributed by atoms with Gasteiger partial charge in [-0.1, -0.05) is 42.5 Å². The number of nitrogens with zero attached hydrogens (tertiary/aromatic N) is 1. The van der Waals surface area contributed by atoms with Crippen molar-refractivity contribution >= 4 is 11.7 Å². The number of carbonyl (C=O) groups is 1. The maximum atomic E-state index is 12.2. The molecule has 3 aromatic rings. The number of nitrogens with one attached hydrogen (secondary N) is 2. The van der Waals surface area contributed by atoms with Crippen LogP contribution in [-0.2, 0) is 6.42 Å². The highest BCUT2D eigenvalue weighted by Gasteiger charge is 2.24. The highest BCUT2D eigenvalue weighted by molar-refractivity contribution is 6.04. The second kappa shape index (κ2) is 4.59. The summed E-state index contributed by atoms with van der Waals surface area (Å²) in [5, 5.41) is 10.2.